The molecular formula is C24H22N6O. The predicted molar refractivity (Wildman–Crippen MR) is 124 cm³/mol. The minimum Gasteiger partial charge on any atom is -0.363 e. The Morgan fingerprint density at radius 1 is 0.935 bits per heavy atom. The molecular weight excluding hydrogens is 388 g/mol. The average molecular weight is 410 g/mol. The van der Waals surface area contributed by atoms with Crippen LogP contribution in [0.25, 0.3) is 38.9 Å². The highest BCUT2D eigenvalue weighted by Crippen LogP contribution is 2.30. The van der Waals surface area contributed by atoms with Crippen molar-refractivity contribution < 1.29 is 0 Å². The van der Waals surface area contributed by atoms with Crippen molar-refractivity contribution in [2.45, 2.75) is 6.92 Å². The van der Waals surface area contributed by atoms with Crippen LogP contribution >= 0.6 is 0 Å². The van der Waals surface area contributed by atoms with Gasteiger partial charge in [0.15, 0.2) is 0 Å². The maximum atomic E-state index is 13.2. The number of hydrogen-bond acceptors (Lipinski definition) is 5. The summed E-state index contributed by atoms with van der Waals surface area (Å²) in [6.07, 6.45) is 5.33. The van der Waals surface area contributed by atoms with Crippen molar-refractivity contribution in [3.05, 3.63) is 77.1 Å². The molecule has 0 N–H and O–H groups in total. The van der Waals surface area contributed by atoms with Crippen molar-refractivity contribution in [3.63, 3.8) is 0 Å². The fourth-order valence-corrected chi connectivity index (χ4v) is 3.91. The van der Waals surface area contributed by atoms with Crippen molar-refractivity contribution in [2.24, 2.45) is 7.05 Å². The molecule has 0 radical (unpaired) electrons. The Morgan fingerprint density at radius 2 is 1.74 bits per heavy atom. The SMILES string of the molecule is Cc1cccnc1-n1c(=O)n(C)c2cnc3ccc(-c4ccc(N(C)C)nc4)cc3c21. The van der Waals surface area contributed by atoms with Gasteiger partial charge >= 0.3 is 5.69 Å². The lowest BCUT2D eigenvalue weighted by atomic mass is 10.0. The number of imidazole rings is 1. The number of pyridine rings is 3. The smallest absolute Gasteiger partial charge is 0.334 e. The monoisotopic (exact) mass is 410 g/mol. The Labute approximate surface area is 179 Å². The van der Waals surface area contributed by atoms with Crippen LogP contribution in [0.2, 0.25) is 0 Å². The molecule has 0 aliphatic rings. The number of benzene rings is 1. The normalized spacial score (nSPS) is 11.4. The molecule has 0 spiro atoms. The van der Waals surface area contributed by atoms with Crippen molar-refractivity contribution in [3.8, 4) is 16.9 Å². The van der Waals surface area contributed by atoms with Gasteiger partial charge in [0.25, 0.3) is 0 Å². The number of fused-ring (bicyclic) bond motifs is 3. The van der Waals surface area contributed by atoms with E-state index in [0.717, 1.165) is 44.4 Å². The van der Waals surface area contributed by atoms with Gasteiger partial charge in [0.05, 0.1) is 22.7 Å². The Hall–Kier alpha value is -4.00. The van der Waals surface area contributed by atoms with E-state index < -0.39 is 0 Å². The lowest BCUT2D eigenvalue weighted by Gasteiger charge is -2.12. The highest BCUT2D eigenvalue weighted by atomic mass is 16.1. The molecule has 0 atom stereocenters. The van der Waals surface area contributed by atoms with Crippen LogP contribution < -0.4 is 10.6 Å². The lowest BCUT2D eigenvalue weighted by Crippen LogP contribution is -2.22. The number of aromatic nitrogens is 5. The number of nitrogens with zero attached hydrogens (tertiary/aromatic N) is 6. The third-order valence-electron chi connectivity index (χ3n) is 5.62. The zero-order valence-electron chi connectivity index (χ0n) is 17.9. The topological polar surface area (TPSA) is 68.8 Å². The molecule has 0 saturated heterocycles. The van der Waals surface area contributed by atoms with Gasteiger partial charge in [0.1, 0.15) is 11.6 Å². The molecule has 0 bridgehead atoms. The fourth-order valence-electron chi connectivity index (χ4n) is 3.91. The van der Waals surface area contributed by atoms with E-state index in [0.29, 0.717) is 5.82 Å². The highest BCUT2D eigenvalue weighted by molar-refractivity contribution is 6.04. The molecule has 0 amide bonds. The summed E-state index contributed by atoms with van der Waals surface area (Å²) in [4.78, 5) is 28.8. The van der Waals surface area contributed by atoms with Gasteiger partial charge in [-0.3, -0.25) is 9.55 Å². The predicted octanol–water partition coefficient (Wildman–Crippen LogP) is 3.71. The van der Waals surface area contributed by atoms with Crippen LogP contribution in [0.1, 0.15) is 5.56 Å². The number of hydrogen-bond donors (Lipinski definition) is 0. The third-order valence-corrected chi connectivity index (χ3v) is 5.62. The van der Waals surface area contributed by atoms with Gasteiger partial charge in [0.2, 0.25) is 0 Å². The molecule has 5 rings (SSSR count). The molecule has 31 heavy (non-hydrogen) atoms. The van der Waals surface area contributed by atoms with Gasteiger partial charge in [0, 0.05) is 44.5 Å². The van der Waals surface area contributed by atoms with Crippen LogP contribution in [0.5, 0.6) is 0 Å². The van der Waals surface area contributed by atoms with Gasteiger partial charge in [-0.05, 0) is 48.4 Å². The minimum atomic E-state index is -0.145. The molecule has 0 saturated carbocycles. The van der Waals surface area contributed by atoms with E-state index in [1.807, 2.05) is 62.4 Å². The van der Waals surface area contributed by atoms with E-state index in [1.165, 1.54) is 0 Å². The van der Waals surface area contributed by atoms with Gasteiger partial charge in [-0.25, -0.2) is 19.3 Å². The van der Waals surface area contributed by atoms with Crippen molar-refractivity contribution in [1.29, 1.82) is 0 Å². The first-order valence-electron chi connectivity index (χ1n) is 10.0. The van der Waals surface area contributed by atoms with Gasteiger partial charge in [-0.15, -0.1) is 0 Å². The van der Waals surface area contributed by atoms with Gasteiger partial charge in [-0.2, -0.15) is 0 Å². The van der Waals surface area contributed by atoms with Crippen LogP contribution in [0.15, 0.2) is 65.8 Å². The summed E-state index contributed by atoms with van der Waals surface area (Å²) in [5.74, 6) is 1.53. The summed E-state index contributed by atoms with van der Waals surface area (Å²) in [6.45, 7) is 1.96. The number of aryl methyl sites for hydroxylation is 2. The van der Waals surface area contributed by atoms with E-state index in [9.17, 15) is 4.79 Å². The molecule has 1 aromatic carbocycles. The number of rotatable bonds is 3. The second-order valence-electron chi connectivity index (χ2n) is 7.84. The molecule has 7 nitrogen and oxygen atoms in total. The van der Waals surface area contributed by atoms with E-state index in [-0.39, 0.29) is 5.69 Å². The summed E-state index contributed by atoms with van der Waals surface area (Å²) in [7, 11) is 5.70. The molecule has 154 valence electrons. The summed E-state index contributed by atoms with van der Waals surface area (Å²) >= 11 is 0. The number of anilines is 1. The molecule has 5 aromatic rings. The Bertz CT molecular complexity index is 1500. The van der Waals surface area contributed by atoms with Crippen LogP contribution in [-0.2, 0) is 7.05 Å². The van der Waals surface area contributed by atoms with Gasteiger partial charge in [-0.1, -0.05) is 12.1 Å². The molecule has 0 fully saturated rings. The maximum Gasteiger partial charge on any atom is 0.334 e. The van der Waals surface area contributed by atoms with Crippen molar-refractivity contribution >= 4 is 27.8 Å². The van der Waals surface area contributed by atoms with Crippen molar-refractivity contribution in [2.75, 3.05) is 19.0 Å². The first kappa shape index (κ1) is 19.0. The second-order valence-corrected chi connectivity index (χ2v) is 7.84. The Kier molecular flexibility index (Phi) is 4.32. The summed E-state index contributed by atoms with van der Waals surface area (Å²) in [6, 6.07) is 14.0. The first-order chi connectivity index (χ1) is 15.0. The standard InChI is InChI=1S/C24H22N6O/c1-15-6-5-11-25-23(15)30-22-18-12-16(17-8-10-21(27-13-17)28(2)3)7-9-19(18)26-14-20(22)29(4)24(30)31/h5-14H,1-4H3. The molecule has 4 aromatic heterocycles. The Balaban J connectivity index is 1.81. The minimum absolute atomic E-state index is 0.145. The van der Waals surface area contributed by atoms with E-state index in [2.05, 4.69) is 27.1 Å². The lowest BCUT2D eigenvalue weighted by molar-refractivity contribution is 0.830. The molecule has 0 aliphatic heterocycles. The zero-order valence-corrected chi connectivity index (χ0v) is 17.9. The highest BCUT2D eigenvalue weighted by Gasteiger charge is 2.18. The van der Waals surface area contributed by atoms with E-state index in [1.54, 1.807) is 28.6 Å². The summed E-state index contributed by atoms with van der Waals surface area (Å²) in [5.41, 5.74) is 5.20. The molecule has 4 heterocycles. The second kappa shape index (κ2) is 7.05. The molecule has 0 unspecified atom stereocenters. The molecule has 7 heteroatoms. The first-order valence-corrected chi connectivity index (χ1v) is 10.0. The fraction of sp³-hybridized carbons (Fsp3) is 0.167. The van der Waals surface area contributed by atoms with E-state index in [4.69, 9.17) is 0 Å². The summed E-state index contributed by atoms with van der Waals surface area (Å²) in [5, 5.41) is 0.898. The summed E-state index contributed by atoms with van der Waals surface area (Å²) < 4.78 is 3.31. The average Bonchev–Trinajstić information content (AvgIpc) is 3.04. The van der Waals surface area contributed by atoms with Crippen LogP contribution in [0, 0.1) is 6.92 Å². The van der Waals surface area contributed by atoms with Crippen LogP contribution in [0.3, 0.4) is 0 Å². The van der Waals surface area contributed by atoms with E-state index >= 15 is 0 Å². The Morgan fingerprint density at radius 3 is 2.45 bits per heavy atom. The van der Waals surface area contributed by atoms with Crippen LogP contribution in [0.4, 0.5) is 5.82 Å². The van der Waals surface area contributed by atoms with Gasteiger partial charge < -0.3 is 4.90 Å². The van der Waals surface area contributed by atoms with Crippen LogP contribution in [-0.4, -0.2) is 38.2 Å². The maximum absolute atomic E-state index is 13.2. The third kappa shape index (κ3) is 2.97. The van der Waals surface area contributed by atoms with Crippen molar-refractivity contribution in [1.82, 2.24) is 24.1 Å². The largest absolute Gasteiger partial charge is 0.363 e. The quantitative estimate of drug-likeness (QED) is 0.454. The zero-order chi connectivity index (χ0) is 21.7. The molecule has 0 aliphatic carbocycles.